The minimum absolute atomic E-state index is 0.261. The van der Waals surface area contributed by atoms with Gasteiger partial charge in [0.25, 0.3) is 5.91 Å². The zero-order valence-electron chi connectivity index (χ0n) is 12.8. The van der Waals surface area contributed by atoms with Gasteiger partial charge in [-0.3, -0.25) is 4.79 Å². The van der Waals surface area contributed by atoms with Crippen molar-refractivity contribution in [2.45, 2.75) is 0 Å². The van der Waals surface area contributed by atoms with Crippen molar-refractivity contribution in [3.05, 3.63) is 58.1 Å². The average molecular weight is 379 g/mol. The van der Waals surface area contributed by atoms with Crippen LogP contribution in [0.1, 0.15) is 5.56 Å². The van der Waals surface area contributed by atoms with E-state index in [1.165, 1.54) is 12.1 Å². The molecule has 6 nitrogen and oxygen atoms in total. The molecule has 0 saturated heterocycles. The number of amides is 1. The summed E-state index contributed by atoms with van der Waals surface area (Å²) >= 11 is 11.7. The fraction of sp³-hybridized carbons (Fsp3) is 0.118. The number of para-hydroxylation sites is 1. The maximum absolute atomic E-state index is 11.8. The van der Waals surface area contributed by atoms with Crippen LogP contribution < -0.4 is 10.1 Å². The Balaban J connectivity index is 1.80. The number of carbonyl (C=O) groups excluding carboxylic acids is 2. The van der Waals surface area contributed by atoms with Crippen LogP contribution in [0.4, 0.5) is 5.69 Å². The summed E-state index contributed by atoms with van der Waals surface area (Å²) in [7, 11) is 0. The number of nitrogens with zero attached hydrogens (tertiary/aromatic N) is 1. The zero-order chi connectivity index (χ0) is 18.2. The average Bonchev–Trinajstić information content (AvgIpc) is 2.61. The maximum Gasteiger partial charge on any atom is 0.344 e. The Labute approximate surface area is 153 Å². The largest absolute Gasteiger partial charge is 0.481 e. The van der Waals surface area contributed by atoms with E-state index in [-0.39, 0.29) is 5.75 Å². The number of hydrogen-bond donors (Lipinski definition) is 1. The van der Waals surface area contributed by atoms with Gasteiger partial charge in [0.1, 0.15) is 11.8 Å². The van der Waals surface area contributed by atoms with Crippen LogP contribution >= 0.6 is 23.2 Å². The van der Waals surface area contributed by atoms with Crippen LogP contribution in [0.5, 0.6) is 5.75 Å². The lowest BCUT2D eigenvalue weighted by molar-refractivity contribution is -0.149. The highest BCUT2D eigenvalue weighted by molar-refractivity contribution is 6.35. The number of hydrogen-bond acceptors (Lipinski definition) is 5. The quantitative estimate of drug-likeness (QED) is 0.777. The van der Waals surface area contributed by atoms with Gasteiger partial charge in [-0.2, -0.15) is 5.26 Å². The molecule has 0 aromatic heterocycles. The van der Waals surface area contributed by atoms with Crippen LogP contribution in [0.15, 0.2) is 42.5 Å². The van der Waals surface area contributed by atoms with Crippen molar-refractivity contribution in [2.75, 3.05) is 18.5 Å². The molecule has 2 aromatic rings. The maximum atomic E-state index is 11.8. The van der Waals surface area contributed by atoms with Crippen molar-refractivity contribution in [2.24, 2.45) is 0 Å². The highest BCUT2D eigenvalue weighted by Crippen LogP contribution is 2.25. The third-order valence-electron chi connectivity index (χ3n) is 2.92. The van der Waals surface area contributed by atoms with Crippen molar-refractivity contribution < 1.29 is 19.1 Å². The van der Waals surface area contributed by atoms with Crippen molar-refractivity contribution in [1.29, 1.82) is 5.26 Å². The fourth-order valence-corrected chi connectivity index (χ4v) is 2.13. The Kier molecular flexibility index (Phi) is 6.63. The predicted molar refractivity (Wildman–Crippen MR) is 92.7 cm³/mol. The van der Waals surface area contributed by atoms with Crippen LogP contribution in [-0.4, -0.2) is 25.1 Å². The molecule has 0 atom stereocenters. The Bertz CT molecular complexity index is 834. The van der Waals surface area contributed by atoms with E-state index >= 15 is 0 Å². The number of benzene rings is 2. The molecule has 0 aliphatic carbocycles. The van der Waals surface area contributed by atoms with Crippen molar-refractivity contribution in [1.82, 2.24) is 0 Å². The molecule has 128 valence electrons. The Morgan fingerprint density at radius 2 is 1.88 bits per heavy atom. The summed E-state index contributed by atoms with van der Waals surface area (Å²) in [4.78, 5) is 23.4. The van der Waals surface area contributed by atoms with Crippen LogP contribution in [0, 0.1) is 11.3 Å². The summed E-state index contributed by atoms with van der Waals surface area (Å²) in [6.45, 7) is -0.936. The van der Waals surface area contributed by atoms with E-state index in [1.54, 1.807) is 30.3 Å². The molecule has 1 N–H and O–H groups in total. The first-order chi connectivity index (χ1) is 12.0. The van der Waals surface area contributed by atoms with Gasteiger partial charge in [-0.25, -0.2) is 4.79 Å². The molecular weight excluding hydrogens is 367 g/mol. The normalized spacial score (nSPS) is 9.80. The second-order valence-electron chi connectivity index (χ2n) is 4.73. The standard InChI is InChI=1S/C17H12Cl2N2O4/c18-12-5-6-13(19)14(7-12)21-16(22)9-25-17(23)10-24-15-4-2-1-3-11(15)8-20/h1-7H,9-10H2,(H,21,22). The van der Waals surface area contributed by atoms with Gasteiger partial charge >= 0.3 is 5.97 Å². The van der Waals surface area contributed by atoms with E-state index in [4.69, 9.17) is 37.9 Å². The molecule has 1 amide bonds. The third-order valence-corrected chi connectivity index (χ3v) is 3.48. The molecule has 0 saturated carbocycles. The van der Waals surface area contributed by atoms with Gasteiger partial charge in [0.2, 0.25) is 0 Å². The van der Waals surface area contributed by atoms with E-state index in [9.17, 15) is 9.59 Å². The minimum Gasteiger partial charge on any atom is -0.481 e. The topological polar surface area (TPSA) is 88.4 Å². The summed E-state index contributed by atoms with van der Waals surface area (Å²) in [6, 6.07) is 13.0. The summed E-state index contributed by atoms with van der Waals surface area (Å²) in [5.74, 6) is -1.06. The van der Waals surface area contributed by atoms with Crippen molar-refractivity contribution in [3.8, 4) is 11.8 Å². The summed E-state index contributed by atoms with van der Waals surface area (Å²) in [5.41, 5.74) is 0.609. The zero-order valence-corrected chi connectivity index (χ0v) is 14.3. The molecule has 0 unspecified atom stereocenters. The molecular formula is C17H12Cl2N2O4. The smallest absolute Gasteiger partial charge is 0.344 e. The predicted octanol–water partition coefficient (Wildman–Crippen LogP) is 3.43. The lowest BCUT2D eigenvalue weighted by Crippen LogP contribution is -2.23. The number of nitriles is 1. The molecule has 0 spiro atoms. The molecule has 0 radical (unpaired) electrons. The second kappa shape index (κ2) is 8.92. The summed E-state index contributed by atoms with van der Waals surface area (Å²) in [5, 5.41) is 12.1. The van der Waals surface area contributed by atoms with E-state index in [2.05, 4.69) is 5.32 Å². The molecule has 0 bridgehead atoms. The van der Waals surface area contributed by atoms with Crippen LogP contribution in [0.2, 0.25) is 10.0 Å². The molecule has 0 aliphatic rings. The first kappa shape index (κ1) is 18.6. The molecule has 0 heterocycles. The number of anilines is 1. The molecule has 8 heteroatoms. The van der Waals surface area contributed by atoms with Gasteiger partial charge in [0, 0.05) is 5.02 Å². The van der Waals surface area contributed by atoms with Gasteiger partial charge in [0.05, 0.1) is 16.3 Å². The van der Waals surface area contributed by atoms with Gasteiger partial charge in [-0.1, -0.05) is 35.3 Å². The highest BCUT2D eigenvalue weighted by atomic mass is 35.5. The summed E-state index contributed by atoms with van der Waals surface area (Å²) in [6.07, 6.45) is 0. The number of halogens is 2. The second-order valence-corrected chi connectivity index (χ2v) is 5.57. The van der Waals surface area contributed by atoms with Crippen molar-refractivity contribution >= 4 is 40.8 Å². The highest BCUT2D eigenvalue weighted by Gasteiger charge is 2.11. The SMILES string of the molecule is N#Cc1ccccc1OCC(=O)OCC(=O)Nc1cc(Cl)ccc1Cl. The Hall–Kier alpha value is -2.75. The molecule has 0 fully saturated rings. The monoisotopic (exact) mass is 378 g/mol. The first-order valence-electron chi connectivity index (χ1n) is 7.02. The minimum atomic E-state index is -0.750. The first-order valence-corrected chi connectivity index (χ1v) is 7.77. The van der Waals surface area contributed by atoms with Crippen LogP contribution in [0.3, 0.4) is 0 Å². The summed E-state index contributed by atoms with van der Waals surface area (Å²) < 4.78 is 10.0. The van der Waals surface area contributed by atoms with Gasteiger partial charge < -0.3 is 14.8 Å². The fourth-order valence-electron chi connectivity index (χ4n) is 1.79. The third kappa shape index (κ3) is 5.68. The number of carbonyl (C=O) groups is 2. The lowest BCUT2D eigenvalue weighted by Gasteiger charge is -2.09. The number of nitrogens with one attached hydrogen (secondary N) is 1. The molecule has 2 aromatic carbocycles. The number of rotatable bonds is 6. The molecule has 25 heavy (non-hydrogen) atoms. The molecule has 0 aliphatic heterocycles. The van der Waals surface area contributed by atoms with Crippen molar-refractivity contribution in [3.63, 3.8) is 0 Å². The van der Waals surface area contributed by atoms with Gasteiger partial charge in [0.15, 0.2) is 13.2 Å². The number of esters is 1. The van der Waals surface area contributed by atoms with Gasteiger partial charge in [-0.15, -0.1) is 0 Å². The molecule has 2 rings (SSSR count). The van der Waals surface area contributed by atoms with Crippen LogP contribution in [-0.2, 0) is 14.3 Å². The lowest BCUT2D eigenvalue weighted by atomic mass is 10.2. The Morgan fingerprint density at radius 1 is 1.12 bits per heavy atom. The van der Waals surface area contributed by atoms with Crippen LogP contribution in [0.25, 0.3) is 0 Å². The van der Waals surface area contributed by atoms with E-state index in [1.807, 2.05) is 6.07 Å². The van der Waals surface area contributed by atoms with Gasteiger partial charge in [-0.05, 0) is 30.3 Å². The Morgan fingerprint density at radius 3 is 2.64 bits per heavy atom. The van der Waals surface area contributed by atoms with E-state index < -0.39 is 25.1 Å². The van der Waals surface area contributed by atoms with E-state index in [0.29, 0.717) is 21.3 Å². The van der Waals surface area contributed by atoms with E-state index in [0.717, 1.165) is 0 Å². The number of ether oxygens (including phenoxy) is 2.